The molecule has 0 spiro atoms. The number of nitrogen functional groups attached to an aromatic ring is 1. The van der Waals surface area contributed by atoms with Gasteiger partial charge in [0.05, 0.1) is 5.56 Å². The Hall–Kier alpha value is -2.49. The Balaban J connectivity index is 2.22. The van der Waals surface area contributed by atoms with Gasteiger partial charge in [0.15, 0.2) is 0 Å². The van der Waals surface area contributed by atoms with Gasteiger partial charge in [0.25, 0.3) is 0 Å². The zero-order valence-electron chi connectivity index (χ0n) is 9.97. The third kappa shape index (κ3) is 2.60. The largest absolute Gasteiger partial charge is 0.478 e. The lowest BCUT2D eigenvalue weighted by molar-refractivity contribution is 0.0698. The molecular formula is C14H14N2O2. The summed E-state index contributed by atoms with van der Waals surface area (Å²) < 4.78 is 0. The van der Waals surface area contributed by atoms with Gasteiger partial charge in [-0.25, -0.2) is 4.79 Å². The highest BCUT2D eigenvalue weighted by molar-refractivity contribution is 5.94. The fourth-order valence-electron chi connectivity index (χ4n) is 1.64. The second-order valence-electron chi connectivity index (χ2n) is 4.10. The molecule has 0 radical (unpaired) electrons. The van der Waals surface area contributed by atoms with Gasteiger partial charge in [-0.1, -0.05) is 17.7 Å². The van der Waals surface area contributed by atoms with Crippen LogP contribution in [0.2, 0.25) is 0 Å². The molecule has 0 fully saturated rings. The SMILES string of the molecule is Cc1ccc(Nc2ccc(C(=O)O)c(N)c2)cc1. The molecule has 2 aromatic carbocycles. The number of aryl methyl sites for hydroxylation is 1. The molecule has 0 aromatic heterocycles. The van der Waals surface area contributed by atoms with E-state index in [0.29, 0.717) is 0 Å². The van der Waals surface area contributed by atoms with Crippen LogP contribution in [0.5, 0.6) is 0 Å². The van der Waals surface area contributed by atoms with Crippen molar-refractivity contribution in [3.8, 4) is 0 Å². The Morgan fingerprint density at radius 3 is 2.28 bits per heavy atom. The van der Waals surface area contributed by atoms with Crippen LogP contribution in [0.3, 0.4) is 0 Å². The zero-order valence-corrected chi connectivity index (χ0v) is 9.97. The van der Waals surface area contributed by atoms with Gasteiger partial charge in [0, 0.05) is 17.1 Å². The number of hydrogen-bond acceptors (Lipinski definition) is 3. The van der Waals surface area contributed by atoms with Crippen LogP contribution in [-0.2, 0) is 0 Å². The number of nitrogens with one attached hydrogen (secondary N) is 1. The van der Waals surface area contributed by atoms with Crippen molar-refractivity contribution in [2.24, 2.45) is 0 Å². The monoisotopic (exact) mass is 242 g/mol. The number of carbonyl (C=O) groups is 1. The molecule has 0 unspecified atom stereocenters. The highest BCUT2D eigenvalue weighted by Gasteiger charge is 2.07. The molecule has 4 N–H and O–H groups in total. The second-order valence-corrected chi connectivity index (χ2v) is 4.10. The van der Waals surface area contributed by atoms with E-state index in [4.69, 9.17) is 10.8 Å². The fraction of sp³-hybridized carbons (Fsp3) is 0.0714. The highest BCUT2D eigenvalue weighted by atomic mass is 16.4. The number of carboxylic acid groups (broad SMARTS) is 1. The maximum atomic E-state index is 10.8. The van der Waals surface area contributed by atoms with Gasteiger partial charge in [0.1, 0.15) is 0 Å². The fourth-order valence-corrected chi connectivity index (χ4v) is 1.64. The number of carboxylic acids is 1. The number of hydrogen-bond donors (Lipinski definition) is 3. The summed E-state index contributed by atoms with van der Waals surface area (Å²) >= 11 is 0. The third-order valence-electron chi connectivity index (χ3n) is 2.62. The summed E-state index contributed by atoms with van der Waals surface area (Å²) in [6.45, 7) is 2.02. The first-order valence-electron chi connectivity index (χ1n) is 5.53. The van der Waals surface area contributed by atoms with Gasteiger partial charge < -0.3 is 16.2 Å². The number of aromatic carboxylic acids is 1. The lowest BCUT2D eigenvalue weighted by Gasteiger charge is -2.08. The maximum Gasteiger partial charge on any atom is 0.337 e. The van der Waals surface area contributed by atoms with E-state index in [2.05, 4.69) is 5.32 Å². The van der Waals surface area contributed by atoms with Crippen LogP contribution in [0.1, 0.15) is 15.9 Å². The first kappa shape index (κ1) is 12.0. The van der Waals surface area contributed by atoms with Crippen molar-refractivity contribution in [2.45, 2.75) is 6.92 Å². The summed E-state index contributed by atoms with van der Waals surface area (Å²) in [5, 5.41) is 12.0. The van der Waals surface area contributed by atoms with Crippen LogP contribution in [0.25, 0.3) is 0 Å². The van der Waals surface area contributed by atoms with Crippen LogP contribution < -0.4 is 11.1 Å². The van der Waals surface area contributed by atoms with Crippen molar-refractivity contribution < 1.29 is 9.90 Å². The molecule has 4 heteroatoms. The van der Waals surface area contributed by atoms with Crippen LogP contribution in [0.15, 0.2) is 42.5 Å². The summed E-state index contributed by atoms with van der Waals surface area (Å²) in [6, 6.07) is 12.7. The summed E-state index contributed by atoms with van der Waals surface area (Å²) in [7, 11) is 0. The summed E-state index contributed by atoms with van der Waals surface area (Å²) in [5.74, 6) is -1.02. The van der Waals surface area contributed by atoms with Gasteiger partial charge in [-0.2, -0.15) is 0 Å². The van der Waals surface area contributed by atoms with Gasteiger partial charge in [-0.05, 0) is 37.3 Å². The van der Waals surface area contributed by atoms with Gasteiger partial charge in [-0.15, -0.1) is 0 Å². The van der Waals surface area contributed by atoms with E-state index < -0.39 is 5.97 Å². The predicted octanol–water partition coefficient (Wildman–Crippen LogP) is 3.02. The quantitative estimate of drug-likeness (QED) is 0.723. The average molecular weight is 242 g/mol. The Morgan fingerprint density at radius 2 is 1.72 bits per heavy atom. The number of rotatable bonds is 3. The first-order valence-corrected chi connectivity index (χ1v) is 5.53. The molecule has 0 aliphatic heterocycles. The van der Waals surface area contributed by atoms with Crippen LogP contribution in [0, 0.1) is 6.92 Å². The van der Waals surface area contributed by atoms with E-state index in [1.165, 1.54) is 11.6 Å². The van der Waals surface area contributed by atoms with Crippen molar-refractivity contribution in [3.05, 3.63) is 53.6 Å². The number of anilines is 3. The standard InChI is InChI=1S/C14H14N2O2/c1-9-2-4-10(5-3-9)16-11-6-7-12(14(17)18)13(15)8-11/h2-8,16H,15H2,1H3,(H,17,18). The van der Waals surface area contributed by atoms with Gasteiger partial charge in [0.2, 0.25) is 0 Å². The minimum Gasteiger partial charge on any atom is -0.478 e. The maximum absolute atomic E-state index is 10.8. The van der Waals surface area contributed by atoms with E-state index >= 15 is 0 Å². The van der Waals surface area contributed by atoms with E-state index in [1.54, 1.807) is 12.1 Å². The summed E-state index contributed by atoms with van der Waals surface area (Å²) in [4.78, 5) is 10.8. The average Bonchev–Trinajstić information content (AvgIpc) is 2.32. The topological polar surface area (TPSA) is 75.3 Å². The molecule has 0 saturated heterocycles. The molecule has 0 atom stereocenters. The Labute approximate surface area is 105 Å². The third-order valence-corrected chi connectivity index (χ3v) is 2.62. The van der Waals surface area contributed by atoms with Crippen molar-refractivity contribution in [2.75, 3.05) is 11.1 Å². The Morgan fingerprint density at radius 1 is 1.11 bits per heavy atom. The Bertz CT molecular complexity index is 577. The minimum absolute atomic E-state index is 0.115. The molecule has 0 bridgehead atoms. The summed E-state index contributed by atoms with van der Waals surface area (Å²) in [6.07, 6.45) is 0. The molecule has 0 heterocycles. The van der Waals surface area contributed by atoms with Crippen molar-refractivity contribution in [3.63, 3.8) is 0 Å². The lowest BCUT2D eigenvalue weighted by atomic mass is 10.1. The number of nitrogens with two attached hydrogens (primary N) is 1. The molecule has 0 aliphatic rings. The molecule has 0 amide bonds. The first-order chi connectivity index (χ1) is 8.56. The Kier molecular flexibility index (Phi) is 3.19. The molecule has 2 aromatic rings. The van der Waals surface area contributed by atoms with Crippen molar-refractivity contribution in [1.29, 1.82) is 0 Å². The normalized spacial score (nSPS) is 10.1. The van der Waals surface area contributed by atoms with Crippen LogP contribution >= 0.6 is 0 Å². The van der Waals surface area contributed by atoms with E-state index in [0.717, 1.165) is 11.4 Å². The predicted molar refractivity (Wildman–Crippen MR) is 72.3 cm³/mol. The molecule has 0 saturated carbocycles. The smallest absolute Gasteiger partial charge is 0.337 e. The molecule has 2 rings (SSSR count). The van der Waals surface area contributed by atoms with Crippen molar-refractivity contribution in [1.82, 2.24) is 0 Å². The van der Waals surface area contributed by atoms with E-state index in [1.807, 2.05) is 31.2 Å². The molecular weight excluding hydrogens is 228 g/mol. The zero-order chi connectivity index (χ0) is 13.1. The number of benzene rings is 2. The van der Waals surface area contributed by atoms with E-state index in [9.17, 15) is 4.79 Å². The molecule has 18 heavy (non-hydrogen) atoms. The second kappa shape index (κ2) is 4.79. The molecule has 4 nitrogen and oxygen atoms in total. The van der Waals surface area contributed by atoms with Crippen molar-refractivity contribution >= 4 is 23.0 Å². The minimum atomic E-state index is -1.02. The lowest BCUT2D eigenvalue weighted by Crippen LogP contribution is -2.02. The van der Waals surface area contributed by atoms with Gasteiger partial charge >= 0.3 is 5.97 Å². The highest BCUT2D eigenvalue weighted by Crippen LogP contribution is 2.22. The summed E-state index contributed by atoms with van der Waals surface area (Å²) in [5.41, 5.74) is 8.92. The molecule has 92 valence electrons. The van der Waals surface area contributed by atoms with Gasteiger partial charge in [-0.3, -0.25) is 0 Å². The molecule has 0 aliphatic carbocycles. The van der Waals surface area contributed by atoms with Crippen LogP contribution in [0.4, 0.5) is 17.1 Å². The van der Waals surface area contributed by atoms with Crippen LogP contribution in [-0.4, -0.2) is 11.1 Å². The van der Waals surface area contributed by atoms with E-state index in [-0.39, 0.29) is 11.3 Å².